The summed E-state index contributed by atoms with van der Waals surface area (Å²) in [5.41, 5.74) is 6.05. The van der Waals surface area contributed by atoms with Crippen LogP contribution >= 0.6 is 11.6 Å². The number of nitrogens with two attached hydrogens (primary N) is 1. The molecule has 2 atom stereocenters. The third-order valence-corrected chi connectivity index (χ3v) is 4.00. The zero-order valence-electron chi connectivity index (χ0n) is 10.9. The molecule has 19 heavy (non-hydrogen) atoms. The highest BCUT2D eigenvalue weighted by Crippen LogP contribution is 2.22. The molecule has 0 radical (unpaired) electrons. The van der Waals surface area contributed by atoms with E-state index in [9.17, 15) is 9.18 Å². The van der Waals surface area contributed by atoms with Crippen LogP contribution in [0.25, 0.3) is 0 Å². The van der Waals surface area contributed by atoms with Crippen LogP contribution in [0.3, 0.4) is 0 Å². The molecule has 5 heteroatoms. The molecule has 0 bridgehead atoms. The van der Waals surface area contributed by atoms with Crippen molar-refractivity contribution in [3.05, 3.63) is 34.6 Å². The molecule has 1 fully saturated rings. The standard InChI is InChI=1S/C14H18ClFN2O/c1-2-9-8-18(6-5-13(9)17)14(19)11-7-10(15)3-4-12(11)16/h3-4,7,9,13H,2,5-6,8,17H2,1H3. The second-order valence-electron chi connectivity index (χ2n) is 5.00. The fourth-order valence-corrected chi connectivity index (χ4v) is 2.67. The molecule has 0 aliphatic carbocycles. The first-order valence-electron chi connectivity index (χ1n) is 6.52. The molecule has 0 aromatic heterocycles. The Hall–Kier alpha value is -1.13. The van der Waals surface area contributed by atoms with Crippen LogP contribution < -0.4 is 5.73 Å². The van der Waals surface area contributed by atoms with Gasteiger partial charge in [0.05, 0.1) is 5.56 Å². The molecular weight excluding hydrogens is 267 g/mol. The van der Waals surface area contributed by atoms with Crippen molar-refractivity contribution < 1.29 is 9.18 Å². The lowest BCUT2D eigenvalue weighted by Crippen LogP contribution is -2.49. The van der Waals surface area contributed by atoms with Crippen molar-refractivity contribution in [3.63, 3.8) is 0 Å². The maximum absolute atomic E-state index is 13.7. The lowest BCUT2D eigenvalue weighted by molar-refractivity contribution is 0.0644. The molecule has 3 nitrogen and oxygen atoms in total. The van der Waals surface area contributed by atoms with Gasteiger partial charge in [-0.05, 0) is 30.5 Å². The van der Waals surface area contributed by atoms with Gasteiger partial charge in [-0.2, -0.15) is 0 Å². The van der Waals surface area contributed by atoms with Gasteiger partial charge in [0.1, 0.15) is 5.82 Å². The minimum Gasteiger partial charge on any atom is -0.338 e. The van der Waals surface area contributed by atoms with E-state index in [2.05, 4.69) is 6.92 Å². The van der Waals surface area contributed by atoms with Gasteiger partial charge in [-0.3, -0.25) is 4.79 Å². The van der Waals surface area contributed by atoms with Gasteiger partial charge in [0.25, 0.3) is 5.91 Å². The van der Waals surface area contributed by atoms with Crippen LogP contribution in [0.2, 0.25) is 5.02 Å². The summed E-state index contributed by atoms with van der Waals surface area (Å²) in [7, 11) is 0. The van der Waals surface area contributed by atoms with Crippen molar-refractivity contribution in [2.75, 3.05) is 13.1 Å². The van der Waals surface area contributed by atoms with Gasteiger partial charge in [-0.25, -0.2) is 4.39 Å². The van der Waals surface area contributed by atoms with Crippen molar-refractivity contribution in [2.24, 2.45) is 11.7 Å². The third kappa shape index (κ3) is 3.07. The fraction of sp³-hybridized carbons (Fsp3) is 0.500. The van der Waals surface area contributed by atoms with Crippen molar-refractivity contribution in [3.8, 4) is 0 Å². The summed E-state index contributed by atoms with van der Waals surface area (Å²) in [6, 6.07) is 4.17. The van der Waals surface area contributed by atoms with E-state index in [1.807, 2.05) is 0 Å². The normalized spacial score (nSPS) is 23.5. The van der Waals surface area contributed by atoms with E-state index in [-0.39, 0.29) is 23.4 Å². The second kappa shape index (κ2) is 5.88. The molecule has 104 valence electrons. The Kier molecular flexibility index (Phi) is 4.42. The van der Waals surface area contributed by atoms with Gasteiger partial charge in [0.2, 0.25) is 0 Å². The molecule has 2 unspecified atom stereocenters. The van der Waals surface area contributed by atoms with E-state index < -0.39 is 5.82 Å². The highest BCUT2D eigenvalue weighted by Gasteiger charge is 2.29. The summed E-state index contributed by atoms with van der Waals surface area (Å²) >= 11 is 5.82. The lowest BCUT2D eigenvalue weighted by Gasteiger charge is -2.36. The number of amides is 1. The molecular formula is C14H18ClFN2O. The van der Waals surface area contributed by atoms with E-state index in [0.717, 1.165) is 12.8 Å². The molecule has 1 saturated heterocycles. The molecule has 1 amide bonds. The highest BCUT2D eigenvalue weighted by atomic mass is 35.5. The topological polar surface area (TPSA) is 46.3 Å². The zero-order chi connectivity index (χ0) is 14.0. The number of carbonyl (C=O) groups excluding carboxylic acids is 1. The molecule has 1 heterocycles. The SMILES string of the molecule is CCC1CN(C(=O)c2cc(Cl)ccc2F)CCC1N. The van der Waals surface area contributed by atoms with E-state index in [1.54, 1.807) is 4.90 Å². The first-order valence-corrected chi connectivity index (χ1v) is 6.90. The van der Waals surface area contributed by atoms with Crippen molar-refractivity contribution in [1.29, 1.82) is 0 Å². The smallest absolute Gasteiger partial charge is 0.256 e. The van der Waals surface area contributed by atoms with Crippen LogP contribution in [0, 0.1) is 11.7 Å². The number of likely N-dealkylation sites (tertiary alicyclic amines) is 1. The van der Waals surface area contributed by atoms with Crippen LogP contribution in [0.5, 0.6) is 0 Å². The number of benzene rings is 1. The number of hydrogen-bond donors (Lipinski definition) is 1. The van der Waals surface area contributed by atoms with Gasteiger partial charge >= 0.3 is 0 Å². The Balaban J connectivity index is 2.18. The van der Waals surface area contributed by atoms with E-state index >= 15 is 0 Å². The predicted molar refractivity (Wildman–Crippen MR) is 73.7 cm³/mol. The summed E-state index contributed by atoms with van der Waals surface area (Å²) < 4.78 is 13.7. The fourth-order valence-electron chi connectivity index (χ4n) is 2.50. The molecule has 1 aliphatic rings. The molecule has 0 saturated carbocycles. The average molecular weight is 285 g/mol. The van der Waals surface area contributed by atoms with Crippen molar-refractivity contribution in [1.82, 2.24) is 4.90 Å². The predicted octanol–water partition coefficient (Wildman–Crippen LogP) is 2.68. The van der Waals surface area contributed by atoms with Gasteiger partial charge in [0, 0.05) is 24.2 Å². The Morgan fingerprint density at radius 2 is 2.32 bits per heavy atom. The summed E-state index contributed by atoms with van der Waals surface area (Å²) in [5.74, 6) is -0.553. The molecule has 2 N–H and O–H groups in total. The third-order valence-electron chi connectivity index (χ3n) is 3.76. The summed E-state index contributed by atoms with van der Waals surface area (Å²) in [5, 5.41) is 0.366. The van der Waals surface area contributed by atoms with E-state index in [4.69, 9.17) is 17.3 Å². The Bertz CT molecular complexity index is 481. The molecule has 1 aromatic rings. The maximum Gasteiger partial charge on any atom is 0.256 e. The summed E-state index contributed by atoms with van der Waals surface area (Å²) in [6.45, 7) is 3.21. The Labute approximate surface area is 117 Å². The minimum absolute atomic E-state index is 0.0397. The van der Waals surface area contributed by atoms with Crippen LogP contribution in [-0.4, -0.2) is 29.9 Å². The zero-order valence-corrected chi connectivity index (χ0v) is 11.7. The summed E-state index contributed by atoms with van der Waals surface area (Å²) in [4.78, 5) is 14.0. The van der Waals surface area contributed by atoms with Gasteiger partial charge in [0.15, 0.2) is 0 Å². The lowest BCUT2D eigenvalue weighted by atomic mass is 9.90. The first-order chi connectivity index (χ1) is 9.02. The quantitative estimate of drug-likeness (QED) is 0.907. The molecule has 2 rings (SSSR count). The Morgan fingerprint density at radius 3 is 3.00 bits per heavy atom. The average Bonchev–Trinajstić information content (AvgIpc) is 2.41. The monoisotopic (exact) mass is 284 g/mol. The largest absolute Gasteiger partial charge is 0.338 e. The highest BCUT2D eigenvalue weighted by molar-refractivity contribution is 6.31. The minimum atomic E-state index is -0.530. The number of piperidine rings is 1. The van der Waals surface area contributed by atoms with Crippen LogP contribution in [0.4, 0.5) is 4.39 Å². The Morgan fingerprint density at radius 1 is 1.58 bits per heavy atom. The summed E-state index contributed by atoms with van der Waals surface area (Å²) in [6.07, 6.45) is 1.68. The number of halogens is 2. The van der Waals surface area contributed by atoms with Crippen molar-refractivity contribution in [2.45, 2.75) is 25.8 Å². The number of carbonyl (C=O) groups is 1. The van der Waals surface area contributed by atoms with Gasteiger partial charge < -0.3 is 10.6 Å². The van der Waals surface area contributed by atoms with Crippen molar-refractivity contribution >= 4 is 17.5 Å². The number of rotatable bonds is 2. The van der Waals surface area contributed by atoms with Gasteiger partial charge in [-0.15, -0.1) is 0 Å². The molecule has 0 spiro atoms. The van der Waals surface area contributed by atoms with Crippen LogP contribution in [0.1, 0.15) is 30.1 Å². The maximum atomic E-state index is 13.7. The first kappa shape index (κ1) is 14.3. The van der Waals surface area contributed by atoms with Gasteiger partial charge in [-0.1, -0.05) is 24.9 Å². The molecule has 1 aromatic carbocycles. The molecule has 1 aliphatic heterocycles. The second-order valence-corrected chi connectivity index (χ2v) is 5.43. The number of nitrogens with zero attached hydrogens (tertiary/aromatic N) is 1. The van der Waals surface area contributed by atoms with Crippen LogP contribution in [-0.2, 0) is 0 Å². The van der Waals surface area contributed by atoms with Crippen LogP contribution in [0.15, 0.2) is 18.2 Å². The number of hydrogen-bond acceptors (Lipinski definition) is 2. The van der Waals surface area contributed by atoms with E-state index in [1.165, 1.54) is 18.2 Å². The van der Waals surface area contributed by atoms with E-state index in [0.29, 0.717) is 18.1 Å².